The third-order valence-corrected chi connectivity index (χ3v) is 3.45. The van der Waals surface area contributed by atoms with Crippen molar-refractivity contribution in [1.82, 2.24) is 10.2 Å². The SMILES string of the molecule is Nc1nnc(Cl)cc1OCCc1c(Cl)ccc(F)c1Cl. The normalized spacial score (nSPS) is 10.6. The van der Waals surface area contributed by atoms with Crippen LogP contribution in [0, 0.1) is 5.82 Å². The van der Waals surface area contributed by atoms with Gasteiger partial charge in [-0.1, -0.05) is 34.8 Å². The fourth-order valence-electron chi connectivity index (χ4n) is 1.54. The molecule has 2 aromatic rings. The molecular formula is C12H9Cl3FN3O. The van der Waals surface area contributed by atoms with Gasteiger partial charge in [-0.05, 0) is 17.7 Å². The van der Waals surface area contributed by atoms with Gasteiger partial charge in [0.05, 0.1) is 11.6 Å². The van der Waals surface area contributed by atoms with Crippen molar-refractivity contribution in [3.05, 3.63) is 44.8 Å². The Morgan fingerprint density at radius 1 is 1.20 bits per heavy atom. The molecule has 0 aliphatic rings. The highest BCUT2D eigenvalue weighted by atomic mass is 35.5. The Morgan fingerprint density at radius 3 is 2.70 bits per heavy atom. The number of rotatable bonds is 4. The maximum Gasteiger partial charge on any atom is 0.188 e. The van der Waals surface area contributed by atoms with E-state index in [1.807, 2.05) is 0 Å². The van der Waals surface area contributed by atoms with Crippen LogP contribution in [-0.2, 0) is 6.42 Å². The van der Waals surface area contributed by atoms with E-state index in [2.05, 4.69) is 10.2 Å². The Hall–Kier alpha value is -1.30. The zero-order valence-electron chi connectivity index (χ0n) is 10.0. The highest BCUT2D eigenvalue weighted by molar-refractivity contribution is 6.36. The lowest BCUT2D eigenvalue weighted by atomic mass is 10.1. The van der Waals surface area contributed by atoms with Crippen molar-refractivity contribution >= 4 is 40.6 Å². The van der Waals surface area contributed by atoms with Gasteiger partial charge in [0.1, 0.15) is 5.82 Å². The summed E-state index contributed by atoms with van der Waals surface area (Å²) in [5.41, 5.74) is 6.06. The molecular weight excluding hydrogens is 328 g/mol. The molecule has 4 nitrogen and oxygen atoms in total. The number of anilines is 1. The van der Waals surface area contributed by atoms with Gasteiger partial charge in [-0.3, -0.25) is 0 Å². The van der Waals surface area contributed by atoms with Crippen LogP contribution in [0.1, 0.15) is 5.56 Å². The van der Waals surface area contributed by atoms with Crippen molar-refractivity contribution in [1.29, 1.82) is 0 Å². The van der Waals surface area contributed by atoms with Crippen LogP contribution < -0.4 is 10.5 Å². The van der Waals surface area contributed by atoms with Gasteiger partial charge in [-0.25, -0.2) is 4.39 Å². The maximum absolute atomic E-state index is 13.3. The van der Waals surface area contributed by atoms with E-state index in [-0.39, 0.29) is 22.6 Å². The van der Waals surface area contributed by atoms with Gasteiger partial charge in [0.2, 0.25) is 0 Å². The third kappa shape index (κ3) is 3.42. The van der Waals surface area contributed by atoms with Gasteiger partial charge < -0.3 is 10.5 Å². The minimum absolute atomic E-state index is 0.0139. The largest absolute Gasteiger partial charge is 0.489 e. The fraction of sp³-hybridized carbons (Fsp3) is 0.167. The van der Waals surface area contributed by atoms with E-state index in [1.165, 1.54) is 18.2 Å². The molecule has 0 bridgehead atoms. The average molecular weight is 337 g/mol. The maximum atomic E-state index is 13.3. The second-order valence-electron chi connectivity index (χ2n) is 3.84. The van der Waals surface area contributed by atoms with E-state index in [0.29, 0.717) is 22.8 Å². The Balaban J connectivity index is 2.07. The van der Waals surface area contributed by atoms with Crippen molar-refractivity contribution in [3.8, 4) is 5.75 Å². The first-order valence-electron chi connectivity index (χ1n) is 5.53. The van der Waals surface area contributed by atoms with Crippen LogP contribution >= 0.6 is 34.8 Å². The fourth-order valence-corrected chi connectivity index (χ4v) is 2.24. The van der Waals surface area contributed by atoms with Crippen LogP contribution in [0.4, 0.5) is 10.2 Å². The number of hydrogen-bond acceptors (Lipinski definition) is 4. The summed E-state index contributed by atoms with van der Waals surface area (Å²) in [5.74, 6) is -0.112. The molecule has 0 saturated carbocycles. The number of benzene rings is 1. The van der Waals surface area contributed by atoms with Crippen molar-refractivity contribution in [2.45, 2.75) is 6.42 Å². The van der Waals surface area contributed by atoms with Gasteiger partial charge in [-0.15, -0.1) is 10.2 Å². The van der Waals surface area contributed by atoms with Gasteiger partial charge in [0, 0.05) is 17.5 Å². The molecule has 1 aromatic carbocycles. The molecule has 0 radical (unpaired) electrons. The highest BCUT2D eigenvalue weighted by Crippen LogP contribution is 2.28. The van der Waals surface area contributed by atoms with E-state index >= 15 is 0 Å². The molecule has 8 heteroatoms. The van der Waals surface area contributed by atoms with Crippen LogP contribution in [0.3, 0.4) is 0 Å². The summed E-state index contributed by atoms with van der Waals surface area (Å²) in [6.45, 7) is 0.190. The number of nitrogen functional groups attached to an aromatic ring is 1. The summed E-state index contributed by atoms with van der Waals surface area (Å²) < 4.78 is 18.8. The molecule has 0 amide bonds. The molecule has 0 atom stereocenters. The zero-order valence-corrected chi connectivity index (χ0v) is 12.3. The molecule has 1 aromatic heterocycles. The number of aromatic nitrogens is 2. The first-order chi connectivity index (χ1) is 9.49. The minimum Gasteiger partial charge on any atom is -0.489 e. The third-order valence-electron chi connectivity index (χ3n) is 2.50. The van der Waals surface area contributed by atoms with Gasteiger partial charge >= 0.3 is 0 Å². The van der Waals surface area contributed by atoms with Crippen molar-refractivity contribution in [3.63, 3.8) is 0 Å². The summed E-state index contributed by atoms with van der Waals surface area (Å²) >= 11 is 17.5. The monoisotopic (exact) mass is 335 g/mol. The lowest BCUT2D eigenvalue weighted by Gasteiger charge is -2.10. The Kier molecular flexibility index (Phi) is 4.86. The quantitative estimate of drug-likeness (QED) is 0.863. The van der Waals surface area contributed by atoms with Crippen molar-refractivity contribution in [2.24, 2.45) is 0 Å². The van der Waals surface area contributed by atoms with Gasteiger partial charge in [0.25, 0.3) is 0 Å². The molecule has 0 saturated heterocycles. The molecule has 0 spiro atoms. The van der Waals surface area contributed by atoms with E-state index in [1.54, 1.807) is 0 Å². The second-order valence-corrected chi connectivity index (χ2v) is 5.01. The van der Waals surface area contributed by atoms with E-state index < -0.39 is 5.82 Å². The molecule has 1 heterocycles. The van der Waals surface area contributed by atoms with Crippen molar-refractivity contribution < 1.29 is 9.13 Å². The lowest BCUT2D eigenvalue weighted by molar-refractivity contribution is 0.322. The number of ether oxygens (including phenoxy) is 1. The summed E-state index contributed by atoms with van der Waals surface area (Å²) in [4.78, 5) is 0. The topological polar surface area (TPSA) is 61.0 Å². The lowest BCUT2D eigenvalue weighted by Crippen LogP contribution is -2.06. The van der Waals surface area contributed by atoms with Crippen LogP contribution in [0.25, 0.3) is 0 Å². The van der Waals surface area contributed by atoms with Gasteiger partial charge in [-0.2, -0.15) is 0 Å². The molecule has 0 fully saturated rings. The summed E-state index contributed by atoms with van der Waals surface area (Å²) in [6, 6.07) is 4.09. The second kappa shape index (κ2) is 6.43. The summed E-state index contributed by atoms with van der Waals surface area (Å²) in [6.07, 6.45) is 0.314. The standard InChI is InChI=1S/C12H9Cl3FN3O/c13-7-1-2-8(16)11(15)6(7)3-4-20-9-5-10(14)18-19-12(9)17/h1-2,5H,3-4H2,(H2,17,19). The van der Waals surface area contributed by atoms with Crippen LogP contribution in [0.5, 0.6) is 5.75 Å². The first-order valence-corrected chi connectivity index (χ1v) is 6.66. The molecule has 2 N–H and O–H groups in total. The summed E-state index contributed by atoms with van der Waals surface area (Å²) in [5, 5.41) is 7.70. The van der Waals surface area contributed by atoms with Gasteiger partial charge in [0.15, 0.2) is 16.7 Å². The Morgan fingerprint density at radius 2 is 1.95 bits per heavy atom. The molecule has 0 unspecified atom stereocenters. The molecule has 0 aliphatic heterocycles. The van der Waals surface area contributed by atoms with E-state index in [0.717, 1.165) is 0 Å². The zero-order chi connectivity index (χ0) is 14.7. The number of halogens is 4. The minimum atomic E-state index is -0.529. The first kappa shape index (κ1) is 15.1. The Bertz CT molecular complexity index is 640. The Labute approximate surface area is 129 Å². The predicted octanol–water partition coefficient (Wildman–Crippen LogP) is 3.78. The molecule has 106 valence electrons. The number of nitrogens with two attached hydrogens (primary N) is 1. The molecule has 0 aliphatic carbocycles. The summed E-state index contributed by atoms with van der Waals surface area (Å²) in [7, 11) is 0. The predicted molar refractivity (Wildman–Crippen MR) is 77.1 cm³/mol. The van der Waals surface area contributed by atoms with Crippen molar-refractivity contribution in [2.75, 3.05) is 12.3 Å². The number of hydrogen-bond donors (Lipinski definition) is 1. The smallest absolute Gasteiger partial charge is 0.188 e. The van der Waals surface area contributed by atoms with E-state index in [9.17, 15) is 4.39 Å². The molecule has 2 rings (SSSR count). The highest BCUT2D eigenvalue weighted by Gasteiger charge is 2.11. The van der Waals surface area contributed by atoms with E-state index in [4.69, 9.17) is 45.3 Å². The molecule has 20 heavy (non-hydrogen) atoms. The van der Waals surface area contributed by atoms with Crippen LogP contribution in [0.2, 0.25) is 15.2 Å². The van der Waals surface area contributed by atoms with Crippen LogP contribution in [0.15, 0.2) is 18.2 Å². The average Bonchev–Trinajstić information content (AvgIpc) is 2.42. The van der Waals surface area contributed by atoms with Crippen LogP contribution in [-0.4, -0.2) is 16.8 Å². The number of nitrogens with zero attached hydrogens (tertiary/aromatic N) is 2.